The van der Waals surface area contributed by atoms with Crippen LogP contribution in [-0.4, -0.2) is 42.5 Å². The van der Waals surface area contributed by atoms with E-state index in [4.69, 9.17) is 0 Å². The first-order valence-electron chi connectivity index (χ1n) is 5.50. The quantitative estimate of drug-likeness (QED) is 0.733. The SMILES string of the molecule is O=Cc1ccc(O)cc1CN1CCNCC1. The highest BCUT2D eigenvalue weighted by Crippen LogP contribution is 2.17. The van der Waals surface area contributed by atoms with E-state index in [0.29, 0.717) is 5.56 Å². The van der Waals surface area contributed by atoms with Crippen LogP contribution in [0.5, 0.6) is 5.75 Å². The molecule has 2 rings (SSSR count). The first kappa shape index (κ1) is 11.1. The summed E-state index contributed by atoms with van der Waals surface area (Å²) in [6.45, 7) is 4.65. The minimum absolute atomic E-state index is 0.218. The van der Waals surface area contributed by atoms with Gasteiger partial charge in [0.15, 0.2) is 0 Å². The molecule has 1 aromatic carbocycles. The average Bonchev–Trinajstić information content (AvgIpc) is 2.31. The van der Waals surface area contributed by atoms with Gasteiger partial charge in [0, 0.05) is 38.3 Å². The van der Waals surface area contributed by atoms with Gasteiger partial charge in [0.1, 0.15) is 12.0 Å². The maximum atomic E-state index is 10.9. The van der Waals surface area contributed by atoms with Gasteiger partial charge in [-0.3, -0.25) is 9.69 Å². The second-order valence-electron chi connectivity index (χ2n) is 4.03. The number of nitrogens with zero attached hydrogens (tertiary/aromatic N) is 1. The first-order chi connectivity index (χ1) is 7.79. The molecule has 4 nitrogen and oxygen atoms in total. The van der Waals surface area contributed by atoms with Crippen molar-refractivity contribution in [2.45, 2.75) is 6.54 Å². The van der Waals surface area contributed by atoms with E-state index in [-0.39, 0.29) is 5.75 Å². The summed E-state index contributed by atoms with van der Waals surface area (Å²) >= 11 is 0. The highest BCUT2D eigenvalue weighted by atomic mass is 16.3. The Morgan fingerprint density at radius 2 is 2.12 bits per heavy atom. The third-order valence-corrected chi connectivity index (χ3v) is 2.86. The number of piperazine rings is 1. The predicted octanol–water partition coefficient (Wildman–Crippen LogP) is 0.610. The number of phenols is 1. The van der Waals surface area contributed by atoms with Crippen LogP contribution >= 0.6 is 0 Å². The van der Waals surface area contributed by atoms with Gasteiger partial charge in [-0.15, -0.1) is 0 Å². The molecule has 1 saturated heterocycles. The summed E-state index contributed by atoms with van der Waals surface area (Å²) < 4.78 is 0. The second kappa shape index (κ2) is 5.09. The van der Waals surface area contributed by atoms with E-state index in [0.717, 1.165) is 44.6 Å². The normalized spacial score (nSPS) is 17.2. The van der Waals surface area contributed by atoms with Crippen molar-refractivity contribution in [3.8, 4) is 5.75 Å². The van der Waals surface area contributed by atoms with Gasteiger partial charge in [0.05, 0.1) is 0 Å². The molecule has 0 bridgehead atoms. The van der Waals surface area contributed by atoms with Crippen molar-refractivity contribution in [2.24, 2.45) is 0 Å². The molecular formula is C12H16N2O2. The van der Waals surface area contributed by atoms with Gasteiger partial charge in [-0.2, -0.15) is 0 Å². The van der Waals surface area contributed by atoms with Crippen molar-refractivity contribution in [3.05, 3.63) is 29.3 Å². The number of aromatic hydroxyl groups is 1. The lowest BCUT2D eigenvalue weighted by Gasteiger charge is -2.27. The highest BCUT2D eigenvalue weighted by Gasteiger charge is 2.12. The van der Waals surface area contributed by atoms with E-state index in [1.165, 1.54) is 0 Å². The van der Waals surface area contributed by atoms with Crippen molar-refractivity contribution < 1.29 is 9.90 Å². The Labute approximate surface area is 94.9 Å². The first-order valence-corrected chi connectivity index (χ1v) is 5.50. The van der Waals surface area contributed by atoms with Crippen molar-refractivity contribution in [3.63, 3.8) is 0 Å². The lowest BCUT2D eigenvalue weighted by molar-refractivity contribution is 0.112. The third kappa shape index (κ3) is 2.59. The Hall–Kier alpha value is -1.39. The van der Waals surface area contributed by atoms with Gasteiger partial charge in [0.25, 0.3) is 0 Å². The van der Waals surface area contributed by atoms with Crippen LogP contribution in [0.15, 0.2) is 18.2 Å². The third-order valence-electron chi connectivity index (χ3n) is 2.86. The maximum Gasteiger partial charge on any atom is 0.150 e. The van der Waals surface area contributed by atoms with Crippen molar-refractivity contribution >= 4 is 6.29 Å². The molecule has 0 radical (unpaired) electrons. The molecule has 1 aromatic rings. The number of phenolic OH excluding ortho intramolecular Hbond substituents is 1. The zero-order chi connectivity index (χ0) is 11.4. The molecule has 1 heterocycles. The number of carbonyl (C=O) groups is 1. The molecule has 1 aliphatic heterocycles. The Kier molecular flexibility index (Phi) is 3.54. The van der Waals surface area contributed by atoms with E-state index in [2.05, 4.69) is 10.2 Å². The summed E-state index contributed by atoms with van der Waals surface area (Å²) in [5.74, 6) is 0.218. The highest BCUT2D eigenvalue weighted by molar-refractivity contribution is 5.77. The van der Waals surface area contributed by atoms with Crippen LogP contribution in [0.2, 0.25) is 0 Å². The fourth-order valence-electron chi connectivity index (χ4n) is 1.95. The molecule has 0 aliphatic carbocycles. The Bertz CT molecular complexity index is 373. The number of benzene rings is 1. The van der Waals surface area contributed by atoms with Crippen LogP contribution in [0.25, 0.3) is 0 Å². The Balaban J connectivity index is 2.12. The zero-order valence-corrected chi connectivity index (χ0v) is 9.15. The van der Waals surface area contributed by atoms with Crippen molar-refractivity contribution in [2.75, 3.05) is 26.2 Å². The van der Waals surface area contributed by atoms with E-state index in [1.807, 2.05) is 0 Å². The summed E-state index contributed by atoms with van der Waals surface area (Å²) in [5, 5.41) is 12.7. The number of rotatable bonds is 3. The van der Waals surface area contributed by atoms with Gasteiger partial charge in [-0.05, 0) is 23.8 Å². The fourth-order valence-corrected chi connectivity index (χ4v) is 1.95. The second-order valence-corrected chi connectivity index (χ2v) is 4.03. The number of hydrogen-bond acceptors (Lipinski definition) is 4. The molecular weight excluding hydrogens is 204 g/mol. The van der Waals surface area contributed by atoms with Crippen molar-refractivity contribution in [1.29, 1.82) is 0 Å². The summed E-state index contributed by atoms with van der Waals surface area (Å²) in [4.78, 5) is 13.1. The topological polar surface area (TPSA) is 52.6 Å². The van der Waals surface area contributed by atoms with Gasteiger partial charge >= 0.3 is 0 Å². The molecule has 0 spiro atoms. The van der Waals surface area contributed by atoms with Crippen LogP contribution in [0.4, 0.5) is 0 Å². The van der Waals surface area contributed by atoms with E-state index in [1.54, 1.807) is 18.2 Å². The molecule has 86 valence electrons. The lowest BCUT2D eigenvalue weighted by atomic mass is 10.1. The molecule has 0 aromatic heterocycles. The molecule has 1 aliphatic rings. The molecule has 2 N–H and O–H groups in total. The minimum atomic E-state index is 0.218. The summed E-state index contributed by atoms with van der Waals surface area (Å²) in [6, 6.07) is 4.89. The molecule has 0 saturated carbocycles. The Morgan fingerprint density at radius 3 is 2.81 bits per heavy atom. The van der Waals surface area contributed by atoms with Gasteiger partial charge < -0.3 is 10.4 Å². The standard InChI is InChI=1S/C12H16N2O2/c15-9-10-1-2-12(16)7-11(10)8-14-5-3-13-4-6-14/h1-2,7,9,13,16H,3-6,8H2. The van der Waals surface area contributed by atoms with Gasteiger partial charge in [-0.25, -0.2) is 0 Å². The van der Waals surface area contributed by atoms with E-state index < -0.39 is 0 Å². The van der Waals surface area contributed by atoms with Gasteiger partial charge in [0.2, 0.25) is 0 Å². The van der Waals surface area contributed by atoms with E-state index in [9.17, 15) is 9.90 Å². The number of nitrogens with one attached hydrogen (secondary N) is 1. The molecule has 4 heteroatoms. The number of hydrogen-bond donors (Lipinski definition) is 2. The minimum Gasteiger partial charge on any atom is -0.508 e. The smallest absolute Gasteiger partial charge is 0.150 e. The monoisotopic (exact) mass is 220 g/mol. The van der Waals surface area contributed by atoms with Crippen molar-refractivity contribution in [1.82, 2.24) is 10.2 Å². The molecule has 16 heavy (non-hydrogen) atoms. The zero-order valence-electron chi connectivity index (χ0n) is 9.15. The van der Waals surface area contributed by atoms with Crippen LogP contribution in [0, 0.1) is 0 Å². The van der Waals surface area contributed by atoms with Crippen LogP contribution in [0.3, 0.4) is 0 Å². The molecule has 0 unspecified atom stereocenters. The fraction of sp³-hybridized carbons (Fsp3) is 0.417. The van der Waals surface area contributed by atoms with Crippen LogP contribution in [-0.2, 0) is 6.54 Å². The number of carbonyl (C=O) groups excluding carboxylic acids is 1. The van der Waals surface area contributed by atoms with Gasteiger partial charge in [-0.1, -0.05) is 0 Å². The summed E-state index contributed by atoms with van der Waals surface area (Å²) in [6.07, 6.45) is 0.844. The molecule has 1 fully saturated rings. The number of aldehydes is 1. The molecule has 0 amide bonds. The summed E-state index contributed by atoms with van der Waals surface area (Å²) in [7, 11) is 0. The average molecular weight is 220 g/mol. The lowest BCUT2D eigenvalue weighted by Crippen LogP contribution is -2.43. The maximum absolute atomic E-state index is 10.9. The van der Waals surface area contributed by atoms with Crippen LogP contribution in [0.1, 0.15) is 15.9 Å². The Morgan fingerprint density at radius 1 is 1.38 bits per heavy atom. The summed E-state index contributed by atoms with van der Waals surface area (Å²) in [5.41, 5.74) is 1.56. The predicted molar refractivity (Wildman–Crippen MR) is 61.6 cm³/mol. The van der Waals surface area contributed by atoms with Crippen LogP contribution < -0.4 is 5.32 Å². The molecule has 0 atom stereocenters. The largest absolute Gasteiger partial charge is 0.508 e. The van der Waals surface area contributed by atoms with E-state index >= 15 is 0 Å².